The van der Waals surface area contributed by atoms with E-state index in [9.17, 15) is 4.79 Å². The maximum absolute atomic E-state index is 11.9. The van der Waals surface area contributed by atoms with Crippen molar-refractivity contribution in [2.75, 3.05) is 26.7 Å². The second-order valence-electron chi connectivity index (χ2n) is 4.51. The van der Waals surface area contributed by atoms with E-state index in [-0.39, 0.29) is 11.9 Å². The Morgan fingerprint density at radius 1 is 1.71 bits per heavy atom. The second kappa shape index (κ2) is 5.29. The maximum Gasteiger partial charge on any atom is 0.271 e. The number of carbonyl (C=O) groups excluding carboxylic acids is 1. The van der Waals surface area contributed by atoms with Gasteiger partial charge < -0.3 is 20.5 Å². The van der Waals surface area contributed by atoms with E-state index in [1.807, 2.05) is 4.57 Å². The number of hydrogen-bond donors (Lipinski definition) is 2. The molecule has 0 spiro atoms. The molecule has 0 bridgehead atoms. The fourth-order valence-corrected chi connectivity index (χ4v) is 2.06. The highest BCUT2D eigenvalue weighted by Gasteiger charge is 2.22. The summed E-state index contributed by atoms with van der Waals surface area (Å²) < 4.78 is 1.83. The van der Waals surface area contributed by atoms with E-state index in [1.54, 1.807) is 12.5 Å². The summed E-state index contributed by atoms with van der Waals surface area (Å²) in [5, 5.41) is 2.99. The van der Waals surface area contributed by atoms with E-state index in [0.717, 1.165) is 19.5 Å². The summed E-state index contributed by atoms with van der Waals surface area (Å²) >= 11 is 0. The standard InChI is InChI=1S/C11H19N5O/c1-15-4-2-9(6-15)14-11(17)10-7-16(5-3-12)8-13-10/h7-9H,2-6,12H2,1H3,(H,14,17). The third kappa shape index (κ3) is 3.04. The number of likely N-dealkylation sites (N-methyl/N-ethyl adjacent to an activating group) is 1. The molecule has 1 aromatic rings. The third-order valence-corrected chi connectivity index (χ3v) is 2.98. The van der Waals surface area contributed by atoms with Gasteiger partial charge in [0.05, 0.1) is 6.33 Å². The highest BCUT2D eigenvalue weighted by atomic mass is 16.2. The Labute approximate surface area is 101 Å². The van der Waals surface area contributed by atoms with Crippen LogP contribution in [0.1, 0.15) is 16.9 Å². The number of nitrogens with zero attached hydrogens (tertiary/aromatic N) is 3. The van der Waals surface area contributed by atoms with E-state index in [4.69, 9.17) is 5.73 Å². The largest absolute Gasteiger partial charge is 0.347 e. The van der Waals surface area contributed by atoms with Gasteiger partial charge in [-0.25, -0.2) is 4.98 Å². The van der Waals surface area contributed by atoms with E-state index in [2.05, 4.69) is 22.2 Å². The van der Waals surface area contributed by atoms with Crippen molar-refractivity contribution in [3.8, 4) is 0 Å². The molecule has 0 aliphatic carbocycles. The van der Waals surface area contributed by atoms with E-state index < -0.39 is 0 Å². The van der Waals surface area contributed by atoms with E-state index >= 15 is 0 Å². The molecule has 1 aromatic heterocycles. The molecular formula is C11H19N5O. The Morgan fingerprint density at radius 2 is 2.53 bits per heavy atom. The molecule has 3 N–H and O–H groups in total. The lowest BCUT2D eigenvalue weighted by atomic mass is 10.2. The summed E-state index contributed by atoms with van der Waals surface area (Å²) in [4.78, 5) is 18.2. The minimum absolute atomic E-state index is 0.0962. The quantitative estimate of drug-likeness (QED) is 0.724. The van der Waals surface area contributed by atoms with Crippen LogP contribution in [0.3, 0.4) is 0 Å². The first-order chi connectivity index (χ1) is 8.19. The fourth-order valence-electron chi connectivity index (χ4n) is 2.06. The molecule has 94 valence electrons. The van der Waals surface area contributed by atoms with Crippen LogP contribution in [0.15, 0.2) is 12.5 Å². The number of imidazole rings is 1. The molecule has 0 radical (unpaired) electrons. The molecule has 0 saturated carbocycles. The van der Waals surface area contributed by atoms with Gasteiger partial charge in [0, 0.05) is 31.9 Å². The van der Waals surface area contributed by atoms with Crippen LogP contribution in [0.4, 0.5) is 0 Å². The summed E-state index contributed by atoms with van der Waals surface area (Å²) in [5.41, 5.74) is 5.90. The molecule has 1 unspecified atom stereocenters. The molecule has 0 aromatic carbocycles. The van der Waals surface area contributed by atoms with Crippen LogP contribution in [0.5, 0.6) is 0 Å². The first-order valence-corrected chi connectivity index (χ1v) is 5.90. The average molecular weight is 237 g/mol. The van der Waals surface area contributed by atoms with Gasteiger partial charge in [-0.15, -0.1) is 0 Å². The number of nitrogens with one attached hydrogen (secondary N) is 1. The zero-order valence-electron chi connectivity index (χ0n) is 10.1. The number of aromatic nitrogens is 2. The van der Waals surface area contributed by atoms with Crippen LogP contribution in [-0.2, 0) is 6.54 Å². The van der Waals surface area contributed by atoms with Crippen LogP contribution in [0.2, 0.25) is 0 Å². The summed E-state index contributed by atoms with van der Waals surface area (Å²) in [7, 11) is 2.06. The van der Waals surface area contributed by atoms with Crippen molar-refractivity contribution in [2.45, 2.75) is 19.0 Å². The molecule has 2 heterocycles. The summed E-state index contributed by atoms with van der Waals surface area (Å²) in [5.74, 6) is -0.0962. The Hall–Kier alpha value is -1.40. The predicted molar refractivity (Wildman–Crippen MR) is 64.6 cm³/mol. The monoisotopic (exact) mass is 237 g/mol. The highest BCUT2D eigenvalue weighted by molar-refractivity contribution is 5.92. The van der Waals surface area contributed by atoms with Crippen molar-refractivity contribution < 1.29 is 4.79 Å². The minimum Gasteiger partial charge on any atom is -0.347 e. The lowest BCUT2D eigenvalue weighted by molar-refractivity contribution is 0.0933. The normalized spacial score (nSPS) is 20.7. The Kier molecular flexibility index (Phi) is 3.75. The summed E-state index contributed by atoms with van der Waals surface area (Å²) in [6.45, 7) is 3.18. The zero-order chi connectivity index (χ0) is 12.3. The molecule has 1 aliphatic rings. The molecular weight excluding hydrogens is 218 g/mol. The molecule has 6 nitrogen and oxygen atoms in total. The van der Waals surface area contributed by atoms with Crippen molar-refractivity contribution >= 4 is 5.91 Å². The Balaban J connectivity index is 1.90. The van der Waals surface area contributed by atoms with E-state index in [1.165, 1.54) is 0 Å². The summed E-state index contributed by atoms with van der Waals surface area (Å²) in [6.07, 6.45) is 4.38. The van der Waals surface area contributed by atoms with Crippen LogP contribution in [-0.4, -0.2) is 53.1 Å². The molecule has 1 saturated heterocycles. The molecule has 1 fully saturated rings. The number of nitrogens with two attached hydrogens (primary N) is 1. The highest BCUT2D eigenvalue weighted by Crippen LogP contribution is 2.07. The van der Waals surface area contributed by atoms with Gasteiger partial charge in [0.25, 0.3) is 5.91 Å². The summed E-state index contributed by atoms with van der Waals surface area (Å²) in [6, 6.07) is 0.243. The predicted octanol–water partition coefficient (Wildman–Crippen LogP) is -0.724. The van der Waals surface area contributed by atoms with Gasteiger partial charge in [0.15, 0.2) is 0 Å². The number of likely N-dealkylation sites (tertiary alicyclic amines) is 1. The van der Waals surface area contributed by atoms with Gasteiger partial charge >= 0.3 is 0 Å². The van der Waals surface area contributed by atoms with Crippen molar-refractivity contribution in [3.63, 3.8) is 0 Å². The van der Waals surface area contributed by atoms with E-state index in [0.29, 0.717) is 18.8 Å². The Bertz CT molecular complexity index is 389. The average Bonchev–Trinajstić information content (AvgIpc) is 2.88. The first-order valence-electron chi connectivity index (χ1n) is 5.90. The van der Waals surface area contributed by atoms with Gasteiger partial charge in [-0.05, 0) is 20.0 Å². The van der Waals surface area contributed by atoms with Gasteiger partial charge in [0.2, 0.25) is 0 Å². The maximum atomic E-state index is 11.9. The number of amides is 1. The van der Waals surface area contributed by atoms with Crippen molar-refractivity contribution in [3.05, 3.63) is 18.2 Å². The van der Waals surface area contributed by atoms with Crippen LogP contribution < -0.4 is 11.1 Å². The molecule has 1 aliphatic heterocycles. The zero-order valence-corrected chi connectivity index (χ0v) is 10.1. The van der Waals surface area contributed by atoms with Crippen molar-refractivity contribution in [1.29, 1.82) is 0 Å². The van der Waals surface area contributed by atoms with Gasteiger partial charge in [-0.2, -0.15) is 0 Å². The third-order valence-electron chi connectivity index (χ3n) is 2.98. The van der Waals surface area contributed by atoms with Crippen molar-refractivity contribution in [2.24, 2.45) is 5.73 Å². The molecule has 17 heavy (non-hydrogen) atoms. The minimum atomic E-state index is -0.0962. The fraction of sp³-hybridized carbons (Fsp3) is 0.636. The second-order valence-corrected chi connectivity index (χ2v) is 4.51. The van der Waals surface area contributed by atoms with Crippen molar-refractivity contribution in [1.82, 2.24) is 19.8 Å². The van der Waals surface area contributed by atoms with Gasteiger partial charge in [-0.3, -0.25) is 4.79 Å². The molecule has 6 heteroatoms. The van der Waals surface area contributed by atoms with Gasteiger partial charge in [-0.1, -0.05) is 0 Å². The van der Waals surface area contributed by atoms with Gasteiger partial charge in [0.1, 0.15) is 5.69 Å². The lowest BCUT2D eigenvalue weighted by Gasteiger charge is -2.11. The lowest BCUT2D eigenvalue weighted by Crippen LogP contribution is -2.36. The smallest absolute Gasteiger partial charge is 0.271 e. The molecule has 1 atom stereocenters. The molecule has 1 amide bonds. The number of hydrogen-bond acceptors (Lipinski definition) is 4. The molecule has 2 rings (SSSR count). The van der Waals surface area contributed by atoms with Crippen LogP contribution >= 0.6 is 0 Å². The number of carbonyl (C=O) groups is 1. The van der Waals surface area contributed by atoms with Crippen LogP contribution in [0, 0.1) is 0 Å². The first kappa shape index (κ1) is 12.1. The Morgan fingerprint density at radius 3 is 3.18 bits per heavy atom. The number of rotatable bonds is 4. The SMILES string of the molecule is CN1CCC(NC(=O)c2cn(CCN)cn2)C1. The van der Waals surface area contributed by atoms with Crippen LogP contribution in [0.25, 0.3) is 0 Å². The topological polar surface area (TPSA) is 76.2 Å².